The van der Waals surface area contributed by atoms with Crippen LogP contribution in [0.3, 0.4) is 0 Å². The van der Waals surface area contributed by atoms with E-state index in [2.05, 4.69) is 15.2 Å². The number of pyridine rings is 1. The van der Waals surface area contributed by atoms with Crippen LogP contribution in [0.5, 0.6) is 0 Å². The summed E-state index contributed by atoms with van der Waals surface area (Å²) in [5.74, 6) is 0. The van der Waals surface area contributed by atoms with Gasteiger partial charge in [-0.05, 0) is 31.5 Å². The van der Waals surface area contributed by atoms with Gasteiger partial charge in [-0.15, -0.1) is 10.2 Å². The Balaban J connectivity index is 2.13. The van der Waals surface area contributed by atoms with Crippen molar-refractivity contribution < 1.29 is 0 Å². The summed E-state index contributed by atoms with van der Waals surface area (Å²) in [7, 11) is 0. The van der Waals surface area contributed by atoms with Gasteiger partial charge < -0.3 is 4.98 Å². The van der Waals surface area contributed by atoms with Crippen LogP contribution >= 0.6 is 0 Å². The fraction of sp³-hybridized carbons (Fsp3) is 0.105. The molecule has 112 valence electrons. The molecule has 2 heterocycles. The summed E-state index contributed by atoms with van der Waals surface area (Å²) >= 11 is 0. The van der Waals surface area contributed by atoms with Crippen molar-refractivity contribution in [2.75, 3.05) is 0 Å². The van der Waals surface area contributed by atoms with Crippen molar-refractivity contribution in [3.8, 4) is 11.1 Å². The lowest BCUT2D eigenvalue weighted by Crippen LogP contribution is -2.07. The molecule has 4 aromatic rings. The second-order valence-electron chi connectivity index (χ2n) is 5.86. The second-order valence-corrected chi connectivity index (χ2v) is 5.86. The monoisotopic (exact) mass is 301 g/mol. The zero-order valence-electron chi connectivity index (χ0n) is 12.9. The first kappa shape index (κ1) is 13.6. The predicted octanol–water partition coefficient (Wildman–Crippen LogP) is 3.76. The Morgan fingerprint density at radius 2 is 1.61 bits per heavy atom. The first-order valence-corrected chi connectivity index (χ1v) is 7.49. The van der Waals surface area contributed by atoms with Gasteiger partial charge in [0.1, 0.15) is 5.52 Å². The maximum absolute atomic E-state index is 12.2. The van der Waals surface area contributed by atoms with E-state index >= 15 is 0 Å². The molecule has 0 unspecified atom stereocenters. The fourth-order valence-corrected chi connectivity index (χ4v) is 2.85. The molecule has 4 nitrogen and oxygen atoms in total. The number of benzene rings is 2. The van der Waals surface area contributed by atoms with Gasteiger partial charge in [-0.1, -0.05) is 41.5 Å². The molecule has 0 saturated heterocycles. The molecule has 0 spiro atoms. The number of rotatable bonds is 1. The fourth-order valence-electron chi connectivity index (χ4n) is 2.85. The molecule has 1 N–H and O–H groups in total. The maximum atomic E-state index is 12.2. The molecule has 0 amide bonds. The topological polar surface area (TPSA) is 58.6 Å². The minimum atomic E-state index is -0.135. The van der Waals surface area contributed by atoms with Crippen LogP contribution < -0.4 is 5.56 Å². The quantitative estimate of drug-likeness (QED) is 0.545. The normalized spacial score (nSPS) is 11.2. The number of H-pyrrole nitrogens is 1. The highest BCUT2D eigenvalue weighted by Crippen LogP contribution is 2.28. The van der Waals surface area contributed by atoms with Gasteiger partial charge in [-0.2, -0.15) is 0 Å². The summed E-state index contributed by atoms with van der Waals surface area (Å²) in [5.41, 5.74) is 6.16. The summed E-state index contributed by atoms with van der Waals surface area (Å²) < 4.78 is 0. The summed E-state index contributed by atoms with van der Waals surface area (Å²) in [5, 5.41) is 9.59. The van der Waals surface area contributed by atoms with E-state index in [-0.39, 0.29) is 5.56 Å². The van der Waals surface area contributed by atoms with Crippen LogP contribution in [-0.4, -0.2) is 15.2 Å². The zero-order valence-corrected chi connectivity index (χ0v) is 12.9. The van der Waals surface area contributed by atoms with E-state index < -0.39 is 0 Å². The van der Waals surface area contributed by atoms with Gasteiger partial charge in [0.2, 0.25) is 5.56 Å². The lowest BCUT2D eigenvalue weighted by molar-refractivity contribution is 1.11. The minimum Gasteiger partial charge on any atom is -0.320 e. The predicted molar refractivity (Wildman–Crippen MR) is 92.6 cm³/mol. The molecule has 0 aliphatic rings. The van der Waals surface area contributed by atoms with Crippen molar-refractivity contribution in [3.05, 3.63) is 70.0 Å². The molecule has 0 aliphatic heterocycles. The maximum Gasteiger partial charge on any atom is 0.249 e. The Labute approximate surface area is 132 Å². The van der Waals surface area contributed by atoms with Crippen molar-refractivity contribution in [1.82, 2.24) is 15.2 Å². The van der Waals surface area contributed by atoms with Crippen LogP contribution in [0.1, 0.15) is 11.1 Å². The number of aryl methyl sites for hydroxylation is 2. The van der Waals surface area contributed by atoms with Gasteiger partial charge in [-0.25, -0.2) is 0 Å². The van der Waals surface area contributed by atoms with Crippen molar-refractivity contribution in [1.29, 1.82) is 0 Å². The van der Waals surface area contributed by atoms with Gasteiger partial charge >= 0.3 is 0 Å². The minimum absolute atomic E-state index is 0.135. The van der Waals surface area contributed by atoms with E-state index in [1.54, 1.807) is 6.07 Å². The van der Waals surface area contributed by atoms with E-state index in [1.165, 1.54) is 5.56 Å². The molecule has 0 fully saturated rings. The summed E-state index contributed by atoms with van der Waals surface area (Å²) in [4.78, 5) is 15.1. The number of fused-ring (bicyclic) bond motifs is 3. The average Bonchev–Trinajstić information content (AvgIpc) is 2.55. The van der Waals surface area contributed by atoms with Crippen LogP contribution in [0.2, 0.25) is 0 Å². The zero-order chi connectivity index (χ0) is 16.0. The van der Waals surface area contributed by atoms with Gasteiger partial charge in [0.05, 0.1) is 11.0 Å². The van der Waals surface area contributed by atoms with Gasteiger partial charge in [0, 0.05) is 17.0 Å². The standard InChI is InChI=1S/C19H15N3O/c1-11-3-6-13(7-4-11)14-10-17(23)20-18-15-9-12(2)5-8-16(15)21-22-19(14)18/h3-10H,1-2H3,(H,20,23). The van der Waals surface area contributed by atoms with Crippen LogP contribution in [0.15, 0.2) is 53.3 Å². The van der Waals surface area contributed by atoms with Crippen LogP contribution in [0.25, 0.3) is 33.1 Å². The lowest BCUT2D eigenvalue weighted by Gasteiger charge is -2.08. The van der Waals surface area contributed by atoms with Crippen molar-refractivity contribution in [2.24, 2.45) is 0 Å². The molecule has 0 atom stereocenters. The number of hydrogen-bond donors (Lipinski definition) is 1. The van der Waals surface area contributed by atoms with Gasteiger partial charge in [-0.3, -0.25) is 4.79 Å². The largest absolute Gasteiger partial charge is 0.320 e. The second kappa shape index (κ2) is 5.02. The van der Waals surface area contributed by atoms with Crippen molar-refractivity contribution in [2.45, 2.75) is 13.8 Å². The SMILES string of the molecule is Cc1ccc(-c2cc(=O)[nH]c3c2nnc2ccc(C)cc23)cc1. The van der Waals surface area contributed by atoms with Gasteiger partial charge in [0.25, 0.3) is 0 Å². The molecule has 0 aliphatic carbocycles. The van der Waals surface area contributed by atoms with Crippen molar-refractivity contribution >= 4 is 21.9 Å². The molecule has 4 heteroatoms. The molecule has 2 aromatic heterocycles. The molecular formula is C19H15N3O. The number of aromatic nitrogens is 3. The first-order chi connectivity index (χ1) is 11.1. The number of hydrogen-bond acceptors (Lipinski definition) is 3. The Kier molecular flexibility index (Phi) is 2.98. The van der Waals surface area contributed by atoms with E-state index in [0.29, 0.717) is 5.52 Å². The molecule has 0 radical (unpaired) electrons. The average molecular weight is 301 g/mol. The highest BCUT2D eigenvalue weighted by atomic mass is 16.1. The first-order valence-electron chi connectivity index (χ1n) is 7.49. The van der Waals surface area contributed by atoms with Gasteiger partial charge in [0.15, 0.2) is 0 Å². The number of nitrogens with zero attached hydrogens (tertiary/aromatic N) is 2. The van der Waals surface area contributed by atoms with Crippen LogP contribution in [-0.2, 0) is 0 Å². The molecule has 0 saturated carbocycles. The van der Waals surface area contributed by atoms with Crippen LogP contribution in [0.4, 0.5) is 0 Å². The molecule has 2 aromatic carbocycles. The molecule has 0 bridgehead atoms. The third-order valence-electron chi connectivity index (χ3n) is 4.06. The Hall–Kier alpha value is -3.01. The lowest BCUT2D eigenvalue weighted by atomic mass is 10.0. The van der Waals surface area contributed by atoms with E-state index in [0.717, 1.165) is 33.1 Å². The third kappa shape index (κ3) is 2.28. The Morgan fingerprint density at radius 1 is 0.870 bits per heavy atom. The third-order valence-corrected chi connectivity index (χ3v) is 4.06. The highest BCUT2D eigenvalue weighted by molar-refractivity contribution is 6.05. The highest BCUT2D eigenvalue weighted by Gasteiger charge is 2.11. The van der Waals surface area contributed by atoms with E-state index in [1.807, 2.05) is 56.3 Å². The van der Waals surface area contributed by atoms with Crippen molar-refractivity contribution in [3.63, 3.8) is 0 Å². The van der Waals surface area contributed by atoms with E-state index in [9.17, 15) is 4.79 Å². The molecule has 4 rings (SSSR count). The van der Waals surface area contributed by atoms with Crippen LogP contribution in [0, 0.1) is 13.8 Å². The molecule has 23 heavy (non-hydrogen) atoms. The number of nitrogens with one attached hydrogen (secondary N) is 1. The Bertz CT molecular complexity index is 1100. The van der Waals surface area contributed by atoms with E-state index in [4.69, 9.17) is 0 Å². The smallest absolute Gasteiger partial charge is 0.249 e. The number of aromatic amines is 1. The summed E-state index contributed by atoms with van der Waals surface area (Å²) in [6, 6.07) is 15.6. The summed E-state index contributed by atoms with van der Waals surface area (Å²) in [6.07, 6.45) is 0. The Morgan fingerprint density at radius 3 is 2.39 bits per heavy atom. The summed E-state index contributed by atoms with van der Waals surface area (Å²) in [6.45, 7) is 4.06. The molecular weight excluding hydrogens is 286 g/mol.